The van der Waals surface area contributed by atoms with Crippen molar-refractivity contribution < 1.29 is 14.6 Å². The Morgan fingerprint density at radius 1 is 1.67 bits per heavy atom. The molecule has 1 aliphatic carbocycles. The van der Waals surface area contributed by atoms with E-state index >= 15 is 0 Å². The molecule has 2 atom stereocenters. The molecule has 15 heavy (non-hydrogen) atoms. The average Bonchev–Trinajstić information content (AvgIpc) is 2.72. The Morgan fingerprint density at radius 2 is 2.20 bits per heavy atom. The first kappa shape index (κ1) is 12.5. The van der Waals surface area contributed by atoms with Gasteiger partial charge in [-0.3, -0.25) is 0 Å². The minimum atomic E-state index is -1.42. The van der Waals surface area contributed by atoms with Gasteiger partial charge >= 0.3 is 5.97 Å². The van der Waals surface area contributed by atoms with Gasteiger partial charge in [-0.25, -0.2) is 4.79 Å². The fourth-order valence-electron chi connectivity index (χ4n) is 1.71. The number of hydrogen-bond acceptors (Lipinski definition) is 4. The summed E-state index contributed by atoms with van der Waals surface area (Å²) in [5.74, 6) is 0.0657. The molecule has 2 N–H and O–H groups in total. The number of carbonyl (C=O) groups is 1. The molecule has 0 heterocycles. The van der Waals surface area contributed by atoms with Crippen LogP contribution in [0.1, 0.15) is 27.2 Å². The minimum absolute atomic E-state index is 0.242. The lowest BCUT2D eigenvalue weighted by atomic mass is 10.1. The number of rotatable bonds is 5. The second-order valence-electron chi connectivity index (χ2n) is 5.29. The van der Waals surface area contributed by atoms with Crippen LogP contribution in [0.4, 0.5) is 0 Å². The number of esters is 1. The molecule has 4 nitrogen and oxygen atoms in total. The van der Waals surface area contributed by atoms with E-state index in [0.29, 0.717) is 11.3 Å². The maximum absolute atomic E-state index is 11.1. The largest absolute Gasteiger partial charge is 0.467 e. The lowest BCUT2D eigenvalue weighted by Gasteiger charge is -2.20. The van der Waals surface area contributed by atoms with Gasteiger partial charge < -0.3 is 15.2 Å². The van der Waals surface area contributed by atoms with E-state index in [2.05, 4.69) is 23.9 Å². The molecule has 0 aliphatic heterocycles. The highest BCUT2D eigenvalue weighted by molar-refractivity contribution is 5.78. The fourth-order valence-corrected chi connectivity index (χ4v) is 1.71. The van der Waals surface area contributed by atoms with Crippen molar-refractivity contribution in [3.63, 3.8) is 0 Å². The summed E-state index contributed by atoms with van der Waals surface area (Å²) >= 11 is 0. The highest BCUT2D eigenvalue weighted by atomic mass is 16.5. The second-order valence-corrected chi connectivity index (χ2v) is 5.29. The van der Waals surface area contributed by atoms with Gasteiger partial charge in [0.05, 0.1) is 7.11 Å². The van der Waals surface area contributed by atoms with Crippen molar-refractivity contribution in [1.29, 1.82) is 0 Å². The Bertz CT molecular complexity index is 248. The Kier molecular flexibility index (Phi) is 3.41. The maximum Gasteiger partial charge on any atom is 0.338 e. The van der Waals surface area contributed by atoms with Crippen LogP contribution in [0, 0.1) is 11.3 Å². The summed E-state index contributed by atoms with van der Waals surface area (Å²) in [5.41, 5.74) is -1.00. The zero-order chi connectivity index (χ0) is 11.7. The van der Waals surface area contributed by atoms with E-state index in [0.717, 1.165) is 6.54 Å². The van der Waals surface area contributed by atoms with Crippen LogP contribution in [-0.2, 0) is 9.53 Å². The molecule has 0 radical (unpaired) electrons. The molecule has 0 saturated heterocycles. The molecule has 1 rings (SSSR count). The van der Waals surface area contributed by atoms with Crippen LogP contribution in [0.2, 0.25) is 0 Å². The molecule has 1 saturated carbocycles. The van der Waals surface area contributed by atoms with Gasteiger partial charge in [-0.15, -0.1) is 0 Å². The van der Waals surface area contributed by atoms with Crippen molar-refractivity contribution in [3.8, 4) is 0 Å². The Labute approximate surface area is 91.0 Å². The molecule has 0 aromatic heterocycles. The summed E-state index contributed by atoms with van der Waals surface area (Å²) in [4.78, 5) is 11.1. The first-order chi connectivity index (χ1) is 6.79. The van der Waals surface area contributed by atoms with Gasteiger partial charge in [0.15, 0.2) is 5.60 Å². The van der Waals surface area contributed by atoms with Gasteiger partial charge in [-0.2, -0.15) is 0 Å². The van der Waals surface area contributed by atoms with E-state index in [-0.39, 0.29) is 6.54 Å². The molecular weight excluding hydrogens is 194 g/mol. The number of ether oxygens (including phenoxy) is 1. The third-order valence-corrected chi connectivity index (χ3v) is 3.20. The molecule has 0 bridgehead atoms. The van der Waals surface area contributed by atoms with E-state index in [1.165, 1.54) is 20.5 Å². The third-order valence-electron chi connectivity index (χ3n) is 3.20. The molecule has 1 fully saturated rings. The molecule has 0 amide bonds. The van der Waals surface area contributed by atoms with E-state index in [1.54, 1.807) is 0 Å². The van der Waals surface area contributed by atoms with Crippen LogP contribution in [-0.4, -0.2) is 36.9 Å². The van der Waals surface area contributed by atoms with Gasteiger partial charge in [0.1, 0.15) is 0 Å². The standard InChI is InChI=1S/C11H21NO3/c1-10(2)5-8(10)6-12-7-11(3,14)9(13)15-4/h8,12,14H,5-7H2,1-4H3. The van der Waals surface area contributed by atoms with E-state index in [4.69, 9.17) is 0 Å². The lowest BCUT2D eigenvalue weighted by Crippen LogP contribution is -2.46. The molecule has 2 unspecified atom stereocenters. The monoisotopic (exact) mass is 215 g/mol. The van der Waals surface area contributed by atoms with E-state index in [1.807, 2.05) is 0 Å². The van der Waals surface area contributed by atoms with Gasteiger partial charge in [0.25, 0.3) is 0 Å². The summed E-state index contributed by atoms with van der Waals surface area (Å²) < 4.78 is 4.50. The number of carbonyl (C=O) groups excluding carboxylic acids is 1. The first-order valence-electron chi connectivity index (χ1n) is 5.31. The summed E-state index contributed by atoms with van der Waals surface area (Å²) in [6.45, 7) is 6.99. The van der Waals surface area contributed by atoms with Crippen molar-refractivity contribution in [2.75, 3.05) is 20.2 Å². The second kappa shape index (κ2) is 4.10. The molecule has 0 aromatic rings. The lowest BCUT2D eigenvalue weighted by molar-refractivity contribution is -0.159. The maximum atomic E-state index is 11.1. The average molecular weight is 215 g/mol. The summed E-state index contributed by atoms with van der Waals surface area (Å²) in [7, 11) is 1.28. The summed E-state index contributed by atoms with van der Waals surface area (Å²) in [6.07, 6.45) is 1.21. The summed E-state index contributed by atoms with van der Waals surface area (Å²) in [6, 6.07) is 0. The number of methoxy groups -OCH3 is 1. The Morgan fingerprint density at radius 3 is 2.60 bits per heavy atom. The number of hydrogen-bond donors (Lipinski definition) is 2. The SMILES string of the molecule is COC(=O)C(C)(O)CNCC1CC1(C)C. The van der Waals surface area contributed by atoms with Crippen LogP contribution in [0.5, 0.6) is 0 Å². The highest BCUT2D eigenvalue weighted by Gasteiger charge is 2.45. The quantitative estimate of drug-likeness (QED) is 0.657. The normalized spacial score (nSPS) is 26.9. The smallest absolute Gasteiger partial charge is 0.338 e. The van der Waals surface area contributed by atoms with Crippen LogP contribution < -0.4 is 5.32 Å². The predicted molar refractivity (Wildman–Crippen MR) is 57.4 cm³/mol. The van der Waals surface area contributed by atoms with Crippen molar-refractivity contribution >= 4 is 5.97 Å². The first-order valence-corrected chi connectivity index (χ1v) is 5.31. The predicted octanol–water partition coefficient (Wildman–Crippen LogP) is 0.546. The molecule has 0 aromatic carbocycles. The van der Waals surface area contributed by atoms with E-state index < -0.39 is 11.6 Å². The third kappa shape index (κ3) is 3.18. The van der Waals surface area contributed by atoms with Crippen LogP contribution in [0.25, 0.3) is 0 Å². The fraction of sp³-hybridized carbons (Fsp3) is 0.909. The minimum Gasteiger partial charge on any atom is -0.467 e. The topological polar surface area (TPSA) is 58.6 Å². The molecule has 4 heteroatoms. The highest BCUT2D eigenvalue weighted by Crippen LogP contribution is 2.50. The van der Waals surface area contributed by atoms with Crippen molar-refractivity contribution in [2.45, 2.75) is 32.8 Å². The van der Waals surface area contributed by atoms with E-state index in [9.17, 15) is 9.90 Å². The van der Waals surface area contributed by atoms with Gasteiger partial charge in [0, 0.05) is 6.54 Å². The molecule has 0 spiro atoms. The van der Waals surface area contributed by atoms with Crippen molar-refractivity contribution in [2.24, 2.45) is 11.3 Å². The molecule has 1 aliphatic rings. The molecular formula is C11H21NO3. The Balaban J connectivity index is 2.22. The number of aliphatic hydroxyl groups is 1. The zero-order valence-corrected chi connectivity index (χ0v) is 9.96. The molecule has 88 valence electrons. The zero-order valence-electron chi connectivity index (χ0n) is 9.96. The van der Waals surface area contributed by atoms with Gasteiger partial charge in [-0.05, 0) is 31.2 Å². The Hall–Kier alpha value is -0.610. The van der Waals surface area contributed by atoms with Gasteiger partial charge in [-0.1, -0.05) is 13.8 Å². The van der Waals surface area contributed by atoms with Crippen LogP contribution in [0.15, 0.2) is 0 Å². The van der Waals surface area contributed by atoms with Crippen LogP contribution >= 0.6 is 0 Å². The number of nitrogens with one attached hydrogen (secondary N) is 1. The van der Waals surface area contributed by atoms with Gasteiger partial charge in [0.2, 0.25) is 0 Å². The van der Waals surface area contributed by atoms with Crippen molar-refractivity contribution in [3.05, 3.63) is 0 Å². The summed E-state index contributed by atoms with van der Waals surface area (Å²) in [5, 5.41) is 12.8. The van der Waals surface area contributed by atoms with Crippen molar-refractivity contribution in [1.82, 2.24) is 5.32 Å². The van der Waals surface area contributed by atoms with Crippen LogP contribution in [0.3, 0.4) is 0 Å².